The zero-order chi connectivity index (χ0) is 24.1. The van der Waals surface area contributed by atoms with Gasteiger partial charge in [-0.2, -0.15) is 0 Å². The quantitative estimate of drug-likeness (QED) is 0.187. The first-order valence-corrected chi connectivity index (χ1v) is 13.0. The van der Waals surface area contributed by atoms with Gasteiger partial charge in [0.05, 0.1) is 10.7 Å². The second-order valence-electron chi connectivity index (χ2n) is 6.97. The zero-order valence-electron chi connectivity index (χ0n) is 17.4. The first kappa shape index (κ1) is 24.5. The summed E-state index contributed by atoms with van der Waals surface area (Å²) in [7, 11) is 0. The van der Waals surface area contributed by atoms with Gasteiger partial charge in [-0.25, -0.2) is 4.98 Å². The summed E-state index contributed by atoms with van der Waals surface area (Å²) in [6.07, 6.45) is 1.74. The Morgan fingerprint density at radius 1 is 1.18 bits per heavy atom. The molecule has 8 nitrogen and oxygen atoms in total. The number of para-hydroxylation sites is 2. The number of nitrogens with one attached hydrogen (secondary N) is 2. The molecule has 0 saturated carbocycles. The summed E-state index contributed by atoms with van der Waals surface area (Å²) in [6, 6.07) is 14.9. The van der Waals surface area contributed by atoms with Crippen LogP contribution in [0, 0.1) is 0 Å². The van der Waals surface area contributed by atoms with Crippen LogP contribution < -0.4 is 10.9 Å². The van der Waals surface area contributed by atoms with Gasteiger partial charge < -0.3 is 4.42 Å². The number of rotatable bonds is 7. The smallest absolute Gasteiger partial charge is 0.266 e. The molecule has 0 spiro atoms. The fourth-order valence-electron chi connectivity index (χ4n) is 2.93. The minimum Gasteiger partial charge on any atom is -0.431 e. The van der Waals surface area contributed by atoms with Crippen molar-refractivity contribution >= 4 is 90.9 Å². The number of halogens is 1. The monoisotopic (exact) mass is 576 g/mol. The molecule has 174 valence electrons. The van der Waals surface area contributed by atoms with E-state index in [9.17, 15) is 14.4 Å². The SMILES string of the molecule is O=C(CCN1C(=O)C(=Cc2cccc(Br)c2)SC1=S)NNC(=O)CSc1nc2ccccc2o1. The van der Waals surface area contributed by atoms with Crippen molar-refractivity contribution in [2.45, 2.75) is 11.6 Å². The molecule has 1 aliphatic heterocycles. The van der Waals surface area contributed by atoms with E-state index in [1.807, 2.05) is 42.5 Å². The fourth-order valence-corrected chi connectivity index (χ4v) is 5.30. The van der Waals surface area contributed by atoms with Crippen LogP contribution in [0.15, 0.2) is 67.5 Å². The molecule has 0 atom stereocenters. The van der Waals surface area contributed by atoms with Crippen molar-refractivity contribution in [3.8, 4) is 0 Å². The van der Waals surface area contributed by atoms with E-state index in [0.717, 1.165) is 21.8 Å². The van der Waals surface area contributed by atoms with Crippen LogP contribution in [0.5, 0.6) is 0 Å². The van der Waals surface area contributed by atoms with Gasteiger partial charge >= 0.3 is 0 Å². The van der Waals surface area contributed by atoms with Crippen LogP contribution in [0.25, 0.3) is 17.2 Å². The number of carbonyl (C=O) groups excluding carboxylic acids is 3. The van der Waals surface area contributed by atoms with Gasteiger partial charge in [0, 0.05) is 17.4 Å². The minimum atomic E-state index is -0.440. The number of hydrogen-bond donors (Lipinski definition) is 2. The highest BCUT2D eigenvalue weighted by atomic mass is 79.9. The van der Waals surface area contributed by atoms with Crippen LogP contribution in [0.3, 0.4) is 0 Å². The van der Waals surface area contributed by atoms with Gasteiger partial charge in [0.25, 0.3) is 11.1 Å². The molecule has 34 heavy (non-hydrogen) atoms. The molecule has 0 unspecified atom stereocenters. The van der Waals surface area contributed by atoms with Crippen molar-refractivity contribution in [2.24, 2.45) is 0 Å². The summed E-state index contributed by atoms with van der Waals surface area (Å²) >= 11 is 11.0. The van der Waals surface area contributed by atoms with Crippen LogP contribution in [-0.4, -0.2) is 44.2 Å². The molecule has 1 saturated heterocycles. The third-order valence-electron chi connectivity index (χ3n) is 4.52. The van der Waals surface area contributed by atoms with E-state index in [1.54, 1.807) is 12.1 Å². The maximum Gasteiger partial charge on any atom is 0.266 e. The molecule has 4 rings (SSSR count). The Bertz CT molecular complexity index is 1280. The lowest BCUT2D eigenvalue weighted by Gasteiger charge is -2.14. The van der Waals surface area contributed by atoms with Crippen molar-refractivity contribution < 1.29 is 18.8 Å². The molecule has 1 aromatic heterocycles. The predicted molar refractivity (Wildman–Crippen MR) is 140 cm³/mol. The first-order chi connectivity index (χ1) is 16.4. The Labute approximate surface area is 217 Å². The number of benzene rings is 2. The molecule has 2 N–H and O–H groups in total. The molecule has 0 radical (unpaired) electrons. The lowest BCUT2D eigenvalue weighted by molar-refractivity contribution is -0.128. The molecule has 2 heterocycles. The average Bonchev–Trinajstić information content (AvgIpc) is 3.35. The van der Waals surface area contributed by atoms with Crippen molar-refractivity contribution in [2.75, 3.05) is 12.3 Å². The average molecular weight is 578 g/mol. The molecule has 1 fully saturated rings. The van der Waals surface area contributed by atoms with E-state index in [2.05, 4.69) is 31.8 Å². The number of aromatic nitrogens is 1. The maximum absolute atomic E-state index is 12.7. The second kappa shape index (κ2) is 11.2. The van der Waals surface area contributed by atoms with Crippen LogP contribution >= 0.6 is 51.7 Å². The number of thiocarbonyl (C=S) groups is 1. The summed E-state index contributed by atoms with van der Waals surface area (Å²) in [5.41, 5.74) is 6.91. The Morgan fingerprint density at radius 2 is 1.97 bits per heavy atom. The number of carbonyl (C=O) groups is 3. The van der Waals surface area contributed by atoms with Crippen LogP contribution in [0.4, 0.5) is 0 Å². The minimum absolute atomic E-state index is 0.0161. The maximum atomic E-state index is 12.7. The molecule has 0 aliphatic carbocycles. The summed E-state index contributed by atoms with van der Waals surface area (Å²) in [5, 5.41) is 0.368. The van der Waals surface area contributed by atoms with Crippen molar-refractivity contribution in [3.05, 3.63) is 63.5 Å². The van der Waals surface area contributed by atoms with Crippen molar-refractivity contribution in [1.29, 1.82) is 0 Å². The molecular weight excluding hydrogens is 560 g/mol. The first-order valence-electron chi connectivity index (χ1n) is 9.96. The summed E-state index contributed by atoms with van der Waals surface area (Å²) in [4.78, 5) is 43.0. The van der Waals surface area contributed by atoms with E-state index in [4.69, 9.17) is 16.6 Å². The number of hydrogen-bond acceptors (Lipinski definition) is 8. The summed E-state index contributed by atoms with van der Waals surface area (Å²) in [5.74, 6) is -1.09. The van der Waals surface area contributed by atoms with Gasteiger partial charge in [-0.3, -0.25) is 30.1 Å². The zero-order valence-corrected chi connectivity index (χ0v) is 21.5. The highest BCUT2D eigenvalue weighted by Gasteiger charge is 2.32. The number of fused-ring (bicyclic) bond motifs is 1. The molecule has 12 heteroatoms. The molecule has 1 aliphatic rings. The Balaban J connectivity index is 1.21. The third kappa shape index (κ3) is 6.26. The van der Waals surface area contributed by atoms with Crippen LogP contribution in [0.1, 0.15) is 12.0 Å². The molecular formula is C22H17BrN4O4S3. The van der Waals surface area contributed by atoms with E-state index in [1.165, 1.54) is 16.7 Å². The molecule has 3 aromatic rings. The molecule has 2 aromatic carbocycles. The molecule has 0 bridgehead atoms. The van der Waals surface area contributed by atoms with Crippen LogP contribution in [-0.2, 0) is 14.4 Å². The van der Waals surface area contributed by atoms with E-state index in [0.29, 0.717) is 25.5 Å². The highest BCUT2D eigenvalue weighted by Crippen LogP contribution is 2.33. The number of amides is 3. The van der Waals surface area contributed by atoms with E-state index >= 15 is 0 Å². The Kier molecular flexibility index (Phi) is 8.03. The predicted octanol–water partition coefficient (Wildman–Crippen LogP) is 4.12. The summed E-state index contributed by atoms with van der Waals surface area (Å²) in [6.45, 7) is 0.111. The largest absolute Gasteiger partial charge is 0.431 e. The molecule has 3 amide bonds. The van der Waals surface area contributed by atoms with Gasteiger partial charge in [0.2, 0.25) is 11.8 Å². The Hall–Kier alpha value is -2.67. The number of oxazole rings is 1. The van der Waals surface area contributed by atoms with Crippen molar-refractivity contribution in [1.82, 2.24) is 20.7 Å². The van der Waals surface area contributed by atoms with Gasteiger partial charge in [0.15, 0.2) is 5.58 Å². The lowest BCUT2D eigenvalue weighted by atomic mass is 10.2. The van der Waals surface area contributed by atoms with E-state index < -0.39 is 11.8 Å². The number of nitrogens with zero attached hydrogens (tertiary/aromatic N) is 2. The normalized spacial score (nSPS) is 14.7. The van der Waals surface area contributed by atoms with Gasteiger partial charge in [-0.1, -0.05) is 75.9 Å². The number of thioether (sulfide) groups is 2. The van der Waals surface area contributed by atoms with Gasteiger partial charge in [0.1, 0.15) is 9.84 Å². The van der Waals surface area contributed by atoms with Gasteiger partial charge in [-0.15, -0.1) is 0 Å². The second-order valence-corrected chi connectivity index (χ2v) is 10.5. The Morgan fingerprint density at radius 3 is 2.76 bits per heavy atom. The van der Waals surface area contributed by atoms with Crippen LogP contribution in [0.2, 0.25) is 0 Å². The lowest BCUT2D eigenvalue weighted by Crippen LogP contribution is -2.44. The van der Waals surface area contributed by atoms with E-state index in [-0.39, 0.29) is 24.6 Å². The third-order valence-corrected chi connectivity index (χ3v) is 7.22. The number of hydrazine groups is 1. The highest BCUT2D eigenvalue weighted by molar-refractivity contribution is 9.10. The standard InChI is InChI=1S/C22H17BrN4O4S3/c23-14-5-3-4-13(10-14)11-17-20(30)27(22(32)34-17)9-8-18(28)25-26-19(29)12-33-21-24-15-6-1-2-7-16(15)31-21/h1-7,10-11H,8-9,12H2,(H,25,28)(H,26,29). The topological polar surface area (TPSA) is 105 Å². The van der Waals surface area contributed by atoms with Crippen molar-refractivity contribution in [3.63, 3.8) is 0 Å². The fraction of sp³-hybridized carbons (Fsp3) is 0.136. The summed E-state index contributed by atoms with van der Waals surface area (Å²) < 4.78 is 6.83. The van der Waals surface area contributed by atoms with Gasteiger partial charge in [-0.05, 0) is 35.9 Å².